The van der Waals surface area contributed by atoms with Crippen LogP contribution in [0, 0.1) is 0 Å². The summed E-state index contributed by atoms with van der Waals surface area (Å²) in [5.41, 5.74) is 2.33. The molecule has 0 spiro atoms. The van der Waals surface area contributed by atoms with Crippen molar-refractivity contribution in [3.63, 3.8) is 0 Å². The molecule has 0 saturated carbocycles. The van der Waals surface area contributed by atoms with Gasteiger partial charge in [-0.15, -0.1) is 6.58 Å². The van der Waals surface area contributed by atoms with Crippen molar-refractivity contribution in [3.8, 4) is 0 Å². The van der Waals surface area contributed by atoms with E-state index in [2.05, 4.69) is 44.5 Å². The van der Waals surface area contributed by atoms with Crippen LogP contribution in [0.4, 0.5) is 0 Å². The summed E-state index contributed by atoms with van der Waals surface area (Å²) in [7, 11) is -1.32. The zero-order chi connectivity index (χ0) is 11.7. The van der Waals surface area contributed by atoms with E-state index in [9.17, 15) is 0 Å². The number of nitrogens with zero attached hydrogens (tertiary/aromatic N) is 1. The molecule has 0 bridgehead atoms. The molecule has 0 radical (unpaired) electrons. The number of rotatable bonds is 9. The van der Waals surface area contributed by atoms with Crippen molar-refractivity contribution < 1.29 is 0 Å². The second-order valence-electron chi connectivity index (χ2n) is 4.39. The van der Waals surface area contributed by atoms with E-state index in [1.54, 1.807) is 0 Å². The van der Waals surface area contributed by atoms with Crippen molar-refractivity contribution >= 4 is 8.24 Å². The highest BCUT2D eigenvalue weighted by Crippen LogP contribution is 2.25. The van der Waals surface area contributed by atoms with Gasteiger partial charge in [-0.2, -0.15) is 0 Å². The first-order chi connectivity index (χ1) is 7.20. The summed E-state index contributed by atoms with van der Waals surface area (Å²) in [6, 6.07) is 2.77. The molecule has 0 rings (SSSR count). The van der Waals surface area contributed by atoms with Gasteiger partial charge in [0.25, 0.3) is 0 Å². The molecule has 0 aromatic carbocycles. The lowest BCUT2D eigenvalue weighted by Gasteiger charge is -2.39. The molecule has 0 N–H and O–H groups in total. The first-order valence-corrected chi connectivity index (χ1v) is 9.03. The minimum Gasteiger partial charge on any atom is -0.321 e. The predicted molar refractivity (Wildman–Crippen MR) is 73.7 cm³/mol. The molecule has 0 heterocycles. The van der Waals surface area contributed by atoms with E-state index in [-0.39, 0.29) is 0 Å². The van der Waals surface area contributed by atoms with Crippen molar-refractivity contribution in [2.45, 2.75) is 59.0 Å². The Hall–Kier alpha value is -0.0831. The van der Waals surface area contributed by atoms with Crippen molar-refractivity contribution in [3.05, 3.63) is 12.3 Å². The van der Waals surface area contributed by atoms with E-state index >= 15 is 0 Å². The zero-order valence-corrected chi connectivity index (χ0v) is 12.2. The molecule has 0 fully saturated rings. The SMILES string of the molecule is C=C[Si](CCC)(CCC)N(CC)CCC. The molecule has 0 amide bonds. The maximum atomic E-state index is 4.14. The largest absolute Gasteiger partial charge is 0.321 e. The fourth-order valence-corrected chi connectivity index (χ4v) is 7.19. The van der Waals surface area contributed by atoms with E-state index in [4.69, 9.17) is 0 Å². The summed E-state index contributed by atoms with van der Waals surface area (Å²) in [6.07, 6.45) is 3.88. The molecule has 0 atom stereocenters. The van der Waals surface area contributed by atoms with Gasteiger partial charge < -0.3 is 4.57 Å². The van der Waals surface area contributed by atoms with Gasteiger partial charge in [-0.25, -0.2) is 0 Å². The van der Waals surface area contributed by atoms with Gasteiger partial charge in [0.15, 0.2) is 8.24 Å². The maximum Gasteiger partial charge on any atom is 0.152 e. The van der Waals surface area contributed by atoms with Crippen LogP contribution in [0.1, 0.15) is 47.0 Å². The van der Waals surface area contributed by atoms with Gasteiger partial charge in [-0.3, -0.25) is 0 Å². The van der Waals surface area contributed by atoms with Gasteiger partial charge >= 0.3 is 0 Å². The summed E-state index contributed by atoms with van der Waals surface area (Å²) in [6.45, 7) is 15.8. The molecule has 0 unspecified atom stereocenters. The Morgan fingerprint density at radius 1 is 1.00 bits per heavy atom. The molecule has 0 aliphatic carbocycles. The van der Waals surface area contributed by atoms with E-state index in [1.807, 2.05) is 0 Å². The van der Waals surface area contributed by atoms with Crippen molar-refractivity contribution in [2.24, 2.45) is 0 Å². The summed E-state index contributed by atoms with van der Waals surface area (Å²) in [5.74, 6) is 0. The monoisotopic (exact) mass is 227 g/mol. The van der Waals surface area contributed by atoms with Crippen LogP contribution in [0.25, 0.3) is 0 Å². The summed E-state index contributed by atoms with van der Waals surface area (Å²) in [4.78, 5) is 0. The van der Waals surface area contributed by atoms with Crippen molar-refractivity contribution in [1.29, 1.82) is 0 Å². The van der Waals surface area contributed by atoms with Crippen molar-refractivity contribution in [2.75, 3.05) is 13.1 Å². The molecular weight excluding hydrogens is 198 g/mol. The Bertz CT molecular complexity index is 162. The van der Waals surface area contributed by atoms with Crippen LogP contribution in [-0.2, 0) is 0 Å². The highest BCUT2D eigenvalue weighted by Gasteiger charge is 2.33. The molecular formula is C13H29NSi. The van der Waals surface area contributed by atoms with Gasteiger partial charge in [0.2, 0.25) is 0 Å². The molecule has 0 aliphatic heterocycles. The highest BCUT2D eigenvalue weighted by atomic mass is 28.3. The van der Waals surface area contributed by atoms with Crippen LogP contribution in [0.2, 0.25) is 12.1 Å². The average Bonchev–Trinajstić information content (AvgIpc) is 2.25. The second-order valence-corrected chi connectivity index (χ2v) is 8.64. The van der Waals surface area contributed by atoms with Crippen LogP contribution in [0.15, 0.2) is 12.3 Å². The first kappa shape index (κ1) is 14.9. The topological polar surface area (TPSA) is 3.24 Å². The van der Waals surface area contributed by atoms with Gasteiger partial charge in [0.1, 0.15) is 0 Å². The standard InChI is InChI=1S/C13H29NSi/c1-6-11-14(9-4)15(10-5,12-7-2)13-8-3/h10H,5-9,11-13H2,1-4H3. The predicted octanol–water partition coefficient (Wildman–Crippen LogP) is 4.21. The molecule has 1 nitrogen and oxygen atoms in total. The van der Waals surface area contributed by atoms with Gasteiger partial charge in [0, 0.05) is 0 Å². The maximum absolute atomic E-state index is 4.14. The summed E-state index contributed by atoms with van der Waals surface area (Å²) >= 11 is 0. The van der Waals surface area contributed by atoms with Crippen LogP contribution >= 0.6 is 0 Å². The normalized spacial score (nSPS) is 12.1. The Morgan fingerprint density at radius 2 is 1.53 bits per heavy atom. The molecule has 15 heavy (non-hydrogen) atoms. The Balaban J connectivity index is 4.73. The zero-order valence-electron chi connectivity index (χ0n) is 11.2. The molecule has 0 aromatic heterocycles. The van der Waals surface area contributed by atoms with Gasteiger partial charge in [-0.1, -0.05) is 46.2 Å². The van der Waals surface area contributed by atoms with Gasteiger partial charge in [-0.05, 0) is 31.6 Å². The molecule has 0 saturated heterocycles. The molecule has 90 valence electrons. The molecule has 0 aliphatic rings. The number of hydrogen-bond acceptors (Lipinski definition) is 1. The minimum atomic E-state index is -1.32. The Kier molecular flexibility index (Phi) is 8.07. The van der Waals surface area contributed by atoms with E-state index in [0.717, 1.165) is 0 Å². The third-order valence-electron chi connectivity index (χ3n) is 3.25. The van der Waals surface area contributed by atoms with Crippen LogP contribution in [0.5, 0.6) is 0 Å². The summed E-state index contributed by atoms with van der Waals surface area (Å²) < 4.78 is 2.74. The molecule has 0 aromatic rings. The van der Waals surface area contributed by atoms with E-state index in [1.165, 1.54) is 44.4 Å². The van der Waals surface area contributed by atoms with Gasteiger partial charge in [0.05, 0.1) is 0 Å². The first-order valence-electron chi connectivity index (χ1n) is 6.59. The molecule has 2 heteroatoms. The fourth-order valence-electron chi connectivity index (χ4n) is 2.61. The lowest BCUT2D eigenvalue weighted by Crippen LogP contribution is -2.52. The van der Waals surface area contributed by atoms with E-state index in [0.29, 0.717) is 0 Å². The second kappa shape index (κ2) is 8.11. The smallest absolute Gasteiger partial charge is 0.152 e. The third-order valence-corrected chi connectivity index (χ3v) is 8.54. The lowest BCUT2D eigenvalue weighted by atomic mass is 10.5. The lowest BCUT2D eigenvalue weighted by molar-refractivity contribution is 0.436. The van der Waals surface area contributed by atoms with Crippen LogP contribution in [0.3, 0.4) is 0 Å². The number of hydrogen-bond donors (Lipinski definition) is 0. The van der Waals surface area contributed by atoms with Crippen molar-refractivity contribution in [1.82, 2.24) is 4.57 Å². The quantitative estimate of drug-likeness (QED) is 0.533. The Morgan fingerprint density at radius 3 is 1.80 bits per heavy atom. The van der Waals surface area contributed by atoms with E-state index < -0.39 is 8.24 Å². The Labute approximate surface area is 97.6 Å². The minimum absolute atomic E-state index is 1.20. The summed E-state index contributed by atoms with van der Waals surface area (Å²) in [5, 5.41) is 0. The van der Waals surface area contributed by atoms with Crippen LogP contribution in [-0.4, -0.2) is 25.9 Å². The third kappa shape index (κ3) is 4.11. The van der Waals surface area contributed by atoms with Crippen LogP contribution < -0.4 is 0 Å². The highest BCUT2D eigenvalue weighted by molar-refractivity contribution is 6.81. The average molecular weight is 227 g/mol. The fraction of sp³-hybridized carbons (Fsp3) is 0.846.